The van der Waals surface area contributed by atoms with Gasteiger partial charge in [0.2, 0.25) is 12.0 Å². The van der Waals surface area contributed by atoms with Gasteiger partial charge in [0.15, 0.2) is 11.9 Å². The summed E-state index contributed by atoms with van der Waals surface area (Å²) in [5, 5.41) is 33.4. The van der Waals surface area contributed by atoms with Crippen molar-refractivity contribution in [3.63, 3.8) is 0 Å². The van der Waals surface area contributed by atoms with Crippen molar-refractivity contribution in [2.75, 3.05) is 20.3 Å². The van der Waals surface area contributed by atoms with E-state index in [1.54, 1.807) is 135 Å². The SMILES string of the molecule is COc1ccc2c(c1)c(CC(=O)NCCCCOC(=O)CCC(=O)OC(C(=O)OC1C[C@@]3(O)[C@@H](OC(=O)c4ccccc4)[C@H]4[C@](C)(C(=O)[C@H](OC(C)=O)C(=C1C)C3(C)C)[C@@H](O)CC1CC[C@]14OC(C)=O)[C@@H](NC(=O)c1ccccc1)c1ccccc1)c(C)n2C(=O)c1ccc(Cl)cc1. The maximum atomic E-state index is 16.0. The first-order chi connectivity index (χ1) is 46.6. The summed E-state index contributed by atoms with van der Waals surface area (Å²) in [4.78, 5) is 142. The molecule has 0 spiro atoms. The van der Waals surface area contributed by atoms with Gasteiger partial charge in [-0.15, -0.1) is 0 Å². The summed E-state index contributed by atoms with van der Waals surface area (Å²) < 4.78 is 43.9. The molecule has 5 aromatic carbocycles. The van der Waals surface area contributed by atoms with Crippen LogP contribution in [0.1, 0.15) is 147 Å². The summed E-state index contributed by atoms with van der Waals surface area (Å²) in [6, 6.07) is 34.1. The Kier molecular flexibility index (Phi) is 21.3. The molecule has 3 unspecified atom stereocenters. The second-order valence-electron chi connectivity index (χ2n) is 26.3. The average molecular weight is 1360 g/mol. The zero-order valence-corrected chi connectivity index (χ0v) is 56.5. The number of nitrogens with zero attached hydrogens (tertiary/aromatic N) is 1. The fourth-order valence-electron chi connectivity index (χ4n) is 15.0. The van der Waals surface area contributed by atoms with E-state index in [1.807, 2.05) is 0 Å². The molecule has 3 saturated carbocycles. The minimum absolute atomic E-state index is 0.0376. The fourth-order valence-corrected chi connectivity index (χ4v) is 15.1. The minimum Gasteiger partial charge on any atom is -0.497 e. The molecule has 98 heavy (non-hydrogen) atoms. The number of ether oxygens (including phenoxy) is 7. The van der Waals surface area contributed by atoms with Crippen LogP contribution in [0.5, 0.6) is 5.75 Å². The zero-order valence-electron chi connectivity index (χ0n) is 55.8. The lowest BCUT2D eigenvalue weighted by Crippen LogP contribution is -2.78. The number of halogens is 1. The second kappa shape index (κ2) is 29.3. The Balaban J connectivity index is 0.891. The van der Waals surface area contributed by atoms with Crippen molar-refractivity contribution in [3.8, 4) is 5.75 Å². The van der Waals surface area contributed by atoms with E-state index in [0.29, 0.717) is 57.8 Å². The van der Waals surface area contributed by atoms with Gasteiger partial charge in [-0.05, 0) is 142 Å². The number of methoxy groups -OCH3 is 1. The molecule has 10 rings (SSSR count). The molecule has 4 N–H and O–H groups in total. The van der Waals surface area contributed by atoms with Crippen LogP contribution in [0.25, 0.3) is 10.9 Å². The van der Waals surface area contributed by atoms with Gasteiger partial charge < -0.3 is 54.0 Å². The minimum atomic E-state index is -2.49. The molecule has 0 aliphatic heterocycles. The molecule has 2 bridgehead atoms. The Labute approximate surface area is 571 Å². The van der Waals surface area contributed by atoms with Crippen molar-refractivity contribution in [3.05, 3.63) is 183 Å². The molecule has 6 aromatic rings. The van der Waals surface area contributed by atoms with Gasteiger partial charge in [-0.2, -0.15) is 0 Å². The number of aliphatic hydroxyl groups is 2. The van der Waals surface area contributed by atoms with Gasteiger partial charge in [-0.1, -0.05) is 92.2 Å². The Morgan fingerprint density at radius 2 is 1.40 bits per heavy atom. The normalized spacial score (nSPS) is 24.3. The van der Waals surface area contributed by atoms with Crippen LogP contribution < -0.4 is 15.4 Å². The van der Waals surface area contributed by atoms with E-state index in [4.69, 9.17) is 44.8 Å². The van der Waals surface area contributed by atoms with Crippen molar-refractivity contribution in [1.29, 1.82) is 0 Å². The highest BCUT2D eigenvalue weighted by molar-refractivity contribution is 6.30. The van der Waals surface area contributed by atoms with Crippen molar-refractivity contribution < 1.29 is 91.3 Å². The third-order valence-corrected chi connectivity index (χ3v) is 20.4. The number of amides is 2. The van der Waals surface area contributed by atoms with E-state index in [-0.39, 0.29) is 72.1 Å². The molecular formula is C75H80ClN3O19. The van der Waals surface area contributed by atoms with Crippen LogP contribution >= 0.6 is 11.6 Å². The number of aliphatic hydroxyl groups excluding tert-OH is 1. The molecule has 3 fully saturated rings. The van der Waals surface area contributed by atoms with Gasteiger partial charge in [0.25, 0.3) is 11.8 Å². The molecule has 1 heterocycles. The number of hydrogen-bond acceptors (Lipinski definition) is 19. The van der Waals surface area contributed by atoms with E-state index in [1.165, 1.54) is 52.1 Å². The predicted molar refractivity (Wildman–Crippen MR) is 355 cm³/mol. The molecule has 0 saturated heterocycles. The van der Waals surface area contributed by atoms with E-state index in [0.717, 1.165) is 6.92 Å². The molecule has 2 amide bonds. The summed E-state index contributed by atoms with van der Waals surface area (Å²) in [7, 11) is 1.52. The summed E-state index contributed by atoms with van der Waals surface area (Å²) >= 11 is 6.10. The van der Waals surface area contributed by atoms with E-state index in [2.05, 4.69) is 10.6 Å². The van der Waals surface area contributed by atoms with Gasteiger partial charge in [-0.25, -0.2) is 9.59 Å². The number of esters is 6. The lowest BCUT2D eigenvalue weighted by atomic mass is 9.41. The molecule has 4 aliphatic rings. The highest BCUT2D eigenvalue weighted by Gasteiger charge is 2.77. The van der Waals surface area contributed by atoms with Gasteiger partial charge in [-0.3, -0.25) is 42.9 Å². The van der Waals surface area contributed by atoms with Crippen LogP contribution in [0.2, 0.25) is 5.02 Å². The second-order valence-corrected chi connectivity index (χ2v) is 26.7. The predicted octanol–water partition coefficient (Wildman–Crippen LogP) is 9.37. The number of nitrogens with one attached hydrogen (secondary N) is 2. The maximum absolute atomic E-state index is 16.0. The highest BCUT2D eigenvalue weighted by Crippen LogP contribution is 2.67. The number of benzene rings is 5. The number of carbonyl (C=O) groups excluding carboxylic acids is 10. The highest BCUT2D eigenvalue weighted by atomic mass is 35.5. The lowest BCUT2D eigenvalue weighted by Gasteiger charge is -2.68. The summed E-state index contributed by atoms with van der Waals surface area (Å²) in [5.74, 6) is -9.68. The molecule has 22 nitrogen and oxygen atoms in total. The smallest absolute Gasteiger partial charge is 0.350 e. The van der Waals surface area contributed by atoms with Crippen LogP contribution in [0.4, 0.5) is 0 Å². The number of aromatic nitrogens is 1. The van der Waals surface area contributed by atoms with Crippen LogP contribution in [0, 0.1) is 29.6 Å². The van der Waals surface area contributed by atoms with E-state index in [9.17, 15) is 48.6 Å². The first kappa shape index (κ1) is 71.3. The Bertz CT molecular complexity index is 4100. The van der Waals surface area contributed by atoms with E-state index >= 15 is 9.59 Å². The van der Waals surface area contributed by atoms with Crippen molar-refractivity contribution in [2.24, 2.45) is 22.7 Å². The molecule has 23 heteroatoms. The number of Topliss-reactive ketones (excluding diaryl/α,β-unsaturated/α-hetero) is 1. The Morgan fingerprint density at radius 1 is 0.755 bits per heavy atom. The maximum Gasteiger partial charge on any atom is 0.350 e. The molecule has 0 radical (unpaired) electrons. The van der Waals surface area contributed by atoms with Gasteiger partial charge in [0.1, 0.15) is 35.2 Å². The first-order valence-corrected chi connectivity index (χ1v) is 33.0. The fraction of sp³-hybridized carbons (Fsp3) is 0.413. The van der Waals surface area contributed by atoms with Crippen LogP contribution in [0.15, 0.2) is 145 Å². The Hall–Kier alpha value is -9.51. The van der Waals surface area contributed by atoms with Crippen molar-refractivity contribution in [2.45, 2.75) is 154 Å². The molecule has 4 aliphatic carbocycles. The number of carbonyl (C=O) groups is 10. The third kappa shape index (κ3) is 14.0. The summed E-state index contributed by atoms with van der Waals surface area (Å²) in [6.45, 7) is 10.1. The van der Waals surface area contributed by atoms with Crippen molar-refractivity contribution >= 4 is 81.8 Å². The molecular weight excluding hydrogens is 1280 g/mol. The number of rotatable bonds is 23. The van der Waals surface area contributed by atoms with Gasteiger partial charge in [0, 0.05) is 65.4 Å². The number of ketones is 1. The van der Waals surface area contributed by atoms with Crippen LogP contribution in [-0.2, 0) is 68.4 Å². The Morgan fingerprint density at radius 3 is 2.02 bits per heavy atom. The van der Waals surface area contributed by atoms with E-state index < -0.39 is 137 Å². The monoisotopic (exact) mass is 1360 g/mol. The van der Waals surface area contributed by atoms with Gasteiger partial charge in [0.05, 0.1) is 61.5 Å². The quantitative estimate of drug-likeness (QED) is 0.0201. The standard InChI is InChI=1S/C75H80ClN3O19/c1-42-56(41-75(91)67(97-70(89)49-24-16-11-17-25-49)65-73(7,57(82)38-50-34-35-74(50,65)98-45(4)81)66(86)63(94-44(3)80)61(42)72(75,5)6)95-71(90)64(62(46-20-12-9-13-21-46)78-68(87)47-22-14-10-15-23-47)96-60(85)33-32-59(84)93-37-19-18-36-77-58(83)40-53-43(2)79(55-31-30-52(92-8)39-54(53)55)69(88)48-26-28-51(76)29-27-48/h9-17,20-31,39,50,56-57,62-65,67,82,91H,18-19,32-38,40-41H2,1-8H3,(H,77,83)(H,78,87)/t50?,56?,57-,62-,63+,64?,65-,67-,73+,74-,75+/m0/s1. The number of fused-ring (bicyclic) bond motifs is 6. The van der Waals surface area contributed by atoms with Gasteiger partial charge >= 0.3 is 35.8 Å². The molecule has 1 aromatic heterocycles. The van der Waals surface area contributed by atoms with Crippen LogP contribution in [-0.4, -0.2) is 136 Å². The number of unbranched alkanes of at least 4 members (excludes halogenated alkanes) is 1. The topological polar surface area (TPSA) is 305 Å². The largest absolute Gasteiger partial charge is 0.497 e. The first-order valence-electron chi connectivity index (χ1n) is 32.6. The zero-order chi connectivity index (χ0) is 70.6. The van der Waals surface area contributed by atoms with Crippen LogP contribution in [0.3, 0.4) is 0 Å². The summed E-state index contributed by atoms with van der Waals surface area (Å²) in [6.07, 6.45) is -9.75. The average Bonchev–Trinajstić information content (AvgIpc) is 0.800. The number of hydrogen-bond donors (Lipinski definition) is 4. The third-order valence-electron chi connectivity index (χ3n) is 20.2. The van der Waals surface area contributed by atoms with Crippen molar-refractivity contribution in [1.82, 2.24) is 15.2 Å². The molecule has 11 atom stereocenters. The molecule has 516 valence electrons. The lowest BCUT2D eigenvalue weighted by molar-refractivity contribution is -0.296. The summed E-state index contributed by atoms with van der Waals surface area (Å²) in [5.41, 5.74) is -5.32.